The van der Waals surface area contributed by atoms with E-state index in [2.05, 4.69) is 5.32 Å². The van der Waals surface area contributed by atoms with Crippen molar-refractivity contribution >= 4 is 17.7 Å². The average molecular weight is 279 g/mol. The maximum Gasteiger partial charge on any atom is 0.412 e. The van der Waals surface area contributed by atoms with Crippen molar-refractivity contribution in [2.24, 2.45) is 0 Å². The van der Waals surface area contributed by atoms with Gasteiger partial charge in [-0.1, -0.05) is 19.9 Å². The Morgan fingerprint density at radius 1 is 1.25 bits per heavy atom. The highest BCUT2D eigenvalue weighted by atomic mass is 16.6. The smallest absolute Gasteiger partial charge is 0.412 e. The molecule has 0 atom stereocenters. The van der Waals surface area contributed by atoms with Crippen molar-refractivity contribution in [2.45, 2.75) is 46.1 Å². The summed E-state index contributed by atoms with van der Waals surface area (Å²) >= 11 is 0. The Morgan fingerprint density at radius 3 is 2.30 bits per heavy atom. The maximum atomic E-state index is 11.8. The number of nitrogens with one attached hydrogen (secondary N) is 1. The molecule has 0 aliphatic rings. The third kappa shape index (κ3) is 4.57. The predicted molar refractivity (Wildman–Crippen MR) is 77.3 cm³/mol. The van der Waals surface area contributed by atoms with E-state index in [1.807, 2.05) is 13.8 Å². The van der Waals surface area contributed by atoms with Crippen LogP contribution < -0.4 is 5.32 Å². The molecule has 1 amide bonds. The molecular weight excluding hydrogens is 258 g/mol. The number of hydrogen-bond donors (Lipinski definition) is 2. The van der Waals surface area contributed by atoms with E-state index in [9.17, 15) is 9.59 Å². The van der Waals surface area contributed by atoms with Crippen molar-refractivity contribution in [3.63, 3.8) is 0 Å². The average Bonchev–Trinajstić information content (AvgIpc) is 2.25. The lowest BCUT2D eigenvalue weighted by molar-refractivity contribution is 0.0632. The Morgan fingerprint density at radius 2 is 1.85 bits per heavy atom. The summed E-state index contributed by atoms with van der Waals surface area (Å²) in [5.41, 5.74) is 0.849. The highest BCUT2D eigenvalue weighted by Gasteiger charge is 2.18. The first-order valence-electron chi connectivity index (χ1n) is 6.47. The van der Waals surface area contributed by atoms with E-state index in [1.165, 1.54) is 12.1 Å². The van der Waals surface area contributed by atoms with Crippen molar-refractivity contribution in [2.75, 3.05) is 5.32 Å². The van der Waals surface area contributed by atoms with Gasteiger partial charge in [0.15, 0.2) is 0 Å². The van der Waals surface area contributed by atoms with Crippen LogP contribution in [0, 0.1) is 0 Å². The summed E-state index contributed by atoms with van der Waals surface area (Å²) in [6.07, 6.45) is -0.595. The van der Waals surface area contributed by atoms with Gasteiger partial charge in [0.2, 0.25) is 0 Å². The van der Waals surface area contributed by atoms with E-state index in [0.717, 1.165) is 5.56 Å². The van der Waals surface area contributed by atoms with Crippen LogP contribution in [0.5, 0.6) is 0 Å². The van der Waals surface area contributed by atoms with Crippen LogP contribution in [-0.2, 0) is 4.74 Å². The molecule has 20 heavy (non-hydrogen) atoms. The van der Waals surface area contributed by atoms with Crippen molar-refractivity contribution in [3.05, 3.63) is 29.3 Å². The number of ether oxygens (including phenoxy) is 1. The molecule has 0 saturated carbocycles. The summed E-state index contributed by atoms with van der Waals surface area (Å²) in [7, 11) is 0. The Balaban J connectivity index is 3.04. The molecule has 0 saturated heterocycles. The molecule has 0 bridgehead atoms. The first-order chi connectivity index (χ1) is 9.10. The molecule has 0 heterocycles. The van der Waals surface area contributed by atoms with Gasteiger partial charge < -0.3 is 9.84 Å². The molecule has 0 spiro atoms. The molecule has 5 heteroatoms. The van der Waals surface area contributed by atoms with Crippen LogP contribution in [0.4, 0.5) is 10.5 Å². The van der Waals surface area contributed by atoms with E-state index in [0.29, 0.717) is 5.69 Å². The SMILES string of the molecule is CC(C)c1ccc(C(=O)O)cc1NC(=O)OC(C)(C)C. The van der Waals surface area contributed by atoms with Gasteiger partial charge in [0, 0.05) is 5.69 Å². The number of carbonyl (C=O) groups excluding carboxylic acids is 1. The summed E-state index contributed by atoms with van der Waals surface area (Å²) < 4.78 is 5.18. The van der Waals surface area contributed by atoms with Crippen molar-refractivity contribution in [1.29, 1.82) is 0 Å². The van der Waals surface area contributed by atoms with Crippen LogP contribution in [-0.4, -0.2) is 22.8 Å². The van der Waals surface area contributed by atoms with Crippen molar-refractivity contribution in [1.82, 2.24) is 0 Å². The van der Waals surface area contributed by atoms with Gasteiger partial charge in [-0.3, -0.25) is 5.32 Å². The number of aromatic carboxylic acids is 1. The topological polar surface area (TPSA) is 75.6 Å². The van der Waals surface area contributed by atoms with Gasteiger partial charge in [-0.05, 0) is 44.4 Å². The Hall–Kier alpha value is -2.04. The molecular formula is C15H21NO4. The molecule has 0 radical (unpaired) electrons. The summed E-state index contributed by atoms with van der Waals surface area (Å²) in [6, 6.07) is 4.68. The van der Waals surface area contributed by atoms with Gasteiger partial charge in [-0.25, -0.2) is 9.59 Å². The lowest BCUT2D eigenvalue weighted by atomic mass is 9.99. The number of rotatable bonds is 3. The summed E-state index contributed by atoms with van der Waals surface area (Å²) in [5, 5.41) is 11.6. The number of benzene rings is 1. The molecule has 1 aromatic carbocycles. The molecule has 1 rings (SSSR count). The van der Waals surface area contributed by atoms with E-state index in [-0.39, 0.29) is 11.5 Å². The number of amides is 1. The molecule has 0 aromatic heterocycles. The van der Waals surface area contributed by atoms with Gasteiger partial charge in [-0.2, -0.15) is 0 Å². The van der Waals surface area contributed by atoms with Gasteiger partial charge >= 0.3 is 12.1 Å². The van der Waals surface area contributed by atoms with Gasteiger partial charge in [-0.15, -0.1) is 0 Å². The second kappa shape index (κ2) is 5.94. The zero-order valence-corrected chi connectivity index (χ0v) is 12.5. The normalized spacial score (nSPS) is 11.3. The van der Waals surface area contributed by atoms with Gasteiger partial charge in [0.05, 0.1) is 5.56 Å². The van der Waals surface area contributed by atoms with Gasteiger partial charge in [0.25, 0.3) is 0 Å². The molecule has 110 valence electrons. The molecule has 2 N–H and O–H groups in total. The standard InChI is InChI=1S/C15H21NO4/c1-9(2)11-7-6-10(13(17)18)8-12(11)16-14(19)20-15(3,4)5/h6-9H,1-5H3,(H,16,19)(H,17,18). The highest BCUT2D eigenvalue weighted by Crippen LogP contribution is 2.26. The molecule has 0 unspecified atom stereocenters. The number of carboxylic acid groups (broad SMARTS) is 1. The zero-order chi connectivity index (χ0) is 15.5. The molecule has 1 aromatic rings. The minimum Gasteiger partial charge on any atom is -0.478 e. The lowest BCUT2D eigenvalue weighted by Crippen LogP contribution is -2.27. The minimum atomic E-state index is -1.03. The minimum absolute atomic E-state index is 0.125. The van der Waals surface area contributed by atoms with Crippen LogP contribution in [0.15, 0.2) is 18.2 Å². The second-order valence-corrected chi connectivity index (χ2v) is 5.89. The Bertz CT molecular complexity index is 515. The summed E-state index contributed by atoms with van der Waals surface area (Å²) in [5.74, 6) is -0.879. The second-order valence-electron chi connectivity index (χ2n) is 5.89. The van der Waals surface area contributed by atoms with E-state index >= 15 is 0 Å². The third-order valence-corrected chi connectivity index (χ3v) is 2.56. The monoisotopic (exact) mass is 279 g/mol. The first kappa shape index (κ1) is 16.0. The van der Waals surface area contributed by atoms with Gasteiger partial charge in [0.1, 0.15) is 5.60 Å². The summed E-state index contributed by atoms with van der Waals surface area (Å²) in [4.78, 5) is 22.8. The van der Waals surface area contributed by atoms with Crippen LogP contribution in [0.1, 0.15) is 56.5 Å². The number of hydrogen-bond acceptors (Lipinski definition) is 3. The lowest BCUT2D eigenvalue weighted by Gasteiger charge is -2.21. The molecule has 0 fully saturated rings. The maximum absolute atomic E-state index is 11.8. The quantitative estimate of drug-likeness (QED) is 0.881. The van der Waals surface area contributed by atoms with Crippen LogP contribution in [0.2, 0.25) is 0 Å². The van der Waals surface area contributed by atoms with Crippen LogP contribution in [0.3, 0.4) is 0 Å². The molecule has 5 nitrogen and oxygen atoms in total. The fourth-order valence-corrected chi connectivity index (χ4v) is 1.71. The van der Waals surface area contributed by atoms with Crippen LogP contribution in [0.25, 0.3) is 0 Å². The first-order valence-corrected chi connectivity index (χ1v) is 6.47. The Kier molecular flexibility index (Phi) is 4.76. The zero-order valence-electron chi connectivity index (χ0n) is 12.5. The van der Waals surface area contributed by atoms with Crippen LogP contribution >= 0.6 is 0 Å². The highest BCUT2D eigenvalue weighted by molar-refractivity contribution is 5.92. The van der Waals surface area contributed by atoms with E-state index in [1.54, 1.807) is 26.8 Å². The van der Waals surface area contributed by atoms with Crippen molar-refractivity contribution in [3.8, 4) is 0 Å². The van der Waals surface area contributed by atoms with E-state index in [4.69, 9.17) is 9.84 Å². The Labute approximate surface area is 118 Å². The molecule has 0 aliphatic heterocycles. The fourth-order valence-electron chi connectivity index (χ4n) is 1.71. The predicted octanol–water partition coefficient (Wildman–Crippen LogP) is 3.86. The summed E-state index contributed by atoms with van der Waals surface area (Å²) in [6.45, 7) is 9.24. The molecule has 0 aliphatic carbocycles. The third-order valence-electron chi connectivity index (χ3n) is 2.56. The van der Waals surface area contributed by atoms with Crippen molar-refractivity contribution < 1.29 is 19.4 Å². The number of carbonyl (C=O) groups is 2. The number of carboxylic acids is 1. The largest absolute Gasteiger partial charge is 0.478 e. The number of anilines is 1. The fraction of sp³-hybridized carbons (Fsp3) is 0.467. The van der Waals surface area contributed by atoms with E-state index < -0.39 is 17.7 Å².